The van der Waals surface area contributed by atoms with Gasteiger partial charge in [0.1, 0.15) is 0 Å². The van der Waals surface area contributed by atoms with Gasteiger partial charge in [0.15, 0.2) is 0 Å². The molecule has 1 atom stereocenters. The molecule has 1 saturated carbocycles. The highest BCUT2D eigenvalue weighted by Gasteiger charge is 2.28. The van der Waals surface area contributed by atoms with Gasteiger partial charge in [0, 0.05) is 37.1 Å². The first-order valence-electron chi connectivity index (χ1n) is 8.43. The van der Waals surface area contributed by atoms with Crippen LogP contribution in [0.4, 0.5) is 5.69 Å². The topological polar surface area (TPSA) is 15.3 Å². The first kappa shape index (κ1) is 15.2. The van der Waals surface area contributed by atoms with E-state index in [0.29, 0.717) is 6.04 Å². The Labute approximate surface area is 133 Å². The summed E-state index contributed by atoms with van der Waals surface area (Å²) in [4.78, 5) is 2.63. The summed E-state index contributed by atoms with van der Waals surface area (Å²) >= 11 is 1.95. The van der Waals surface area contributed by atoms with E-state index in [-0.39, 0.29) is 0 Å². The van der Waals surface area contributed by atoms with Gasteiger partial charge in [-0.05, 0) is 36.6 Å². The van der Waals surface area contributed by atoms with Crippen LogP contribution in [0.3, 0.4) is 0 Å². The van der Waals surface area contributed by atoms with Gasteiger partial charge in [-0.1, -0.05) is 37.5 Å². The van der Waals surface area contributed by atoms with Crippen LogP contribution in [0, 0.1) is 5.92 Å². The number of thioether (sulfide) groups is 1. The van der Waals surface area contributed by atoms with Gasteiger partial charge in [-0.2, -0.15) is 11.8 Å². The van der Waals surface area contributed by atoms with Crippen LogP contribution in [0.5, 0.6) is 0 Å². The molecule has 0 radical (unpaired) electrons. The van der Waals surface area contributed by atoms with E-state index in [9.17, 15) is 0 Å². The van der Waals surface area contributed by atoms with Crippen molar-refractivity contribution in [3.8, 4) is 0 Å². The van der Waals surface area contributed by atoms with Crippen LogP contribution in [0.1, 0.15) is 37.7 Å². The van der Waals surface area contributed by atoms with Gasteiger partial charge < -0.3 is 10.2 Å². The minimum Gasteiger partial charge on any atom is -0.369 e. The molecule has 0 bridgehead atoms. The molecular weight excluding hydrogens is 276 g/mol. The normalized spacial score (nSPS) is 23.7. The average molecular weight is 305 g/mol. The second-order valence-electron chi connectivity index (χ2n) is 6.45. The standard InChI is InChI=1S/C18H28N2S/c1-21-12-11-20-14-17(15-7-3-2-4-8-15)19-13-16-9-5-6-10-18(16)20/h5-6,9-10,15,17,19H,2-4,7-8,11-14H2,1H3. The van der Waals surface area contributed by atoms with E-state index in [1.165, 1.54) is 62.2 Å². The number of nitrogens with one attached hydrogen (secondary N) is 1. The van der Waals surface area contributed by atoms with Crippen molar-refractivity contribution < 1.29 is 0 Å². The Morgan fingerprint density at radius 2 is 2.00 bits per heavy atom. The first-order chi connectivity index (χ1) is 10.4. The lowest BCUT2D eigenvalue weighted by Crippen LogP contribution is -2.44. The second kappa shape index (κ2) is 7.55. The van der Waals surface area contributed by atoms with Crippen LogP contribution >= 0.6 is 11.8 Å². The number of para-hydroxylation sites is 1. The molecule has 1 unspecified atom stereocenters. The molecule has 3 rings (SSSR count). The Hall–Kier alpha value is -0.670. The first-order valence-corrected chi connectivity index (χ1v) is 9.83. The molecule has 1 aliphatic heterocycles. The summed E-state index contributed by atoms with van der Waals surface area (Å²) < 4.78 is 0. The minimum absolute atomic E-state index is 0.666. The number of anilines is 1. The maximum absolute atomic E-state index is 3.87. The van der Waals surface area contributed by atoms with E-state index < -0.39 is 0 Å². The van der Waals surface area contributed by atoms with Gasteiger partial charge in [0.05, 0.1) is 0 Å². The zero-order chi connectivity index (χ0) is 14.5. The monoisotopic (exact) mass is 304 g/mol. The van der Waals surface area contributed by atoms with Crippen molar-refractivity contribution in [2.45, 2.75) is 44.7 Å². The lowest BCUT2D eigenvalue weighted by Gasteiger charge is -2.34. The molecule has 2 aliphatic rings. The Morgan fingerprint density at radius 1 is 1.19 bits per heavy atom. The van der Waals surface area contributed by atoms with E-state index in [4.69, 9.17) is 0 Å². The summed E-state index contributed by atoms with van der Waals surface area (Å²) in [6.45, 7) is 3.39. The third kappa shape index (κ3) is 3.75. The molecule has 1 N–H and O–H groups in total. The average Bonchev–Trinajstić information content (AvgIpc) is 2.74. The highest BCUT2D eigenvalue weighted by Crippen LogP contribution is 2.31. The largest absolute Gasteiger partial charge is 0.369 e. The molecule has 1 aliphatic carbocycles. The molecule has 1 heterocycles. The molecule has 116 valence electrons. The fraction of sp³-hybridized carbons (Fsp3) is 0.667. The summed E-state index contributed by atoms with van der Waals surface area (Å²) in [6, 6.07) is 9.62. The van der Waals surface area contributed by atoms with E-state index in [2.05, 4.69) is 40.7 Å². The predicted octanol–water partition coefficient (Wildman–Crippen LogP) is 3.91. The molecule has 0 amide bonds. The number of hydrogen-bond donors (Lipinski definition) is 1. The maximum atomic E-state index is 3.87. The number of hydrogen-bond acceptors (Lipinski definition) is 3. The van der Waals surface area contributed by atoms with Crippen LogP contribution in [0.15, 0.2) is 24.3 Å². The van der Waals surface area contributed by atoms with Crippen molar-refractivity contribution in [3.63, 3.8) is 0 Å². The Balaban J connectivity index is 1.76. The van der Waals surface area contributed by atoms with Gasteiger partial charge in [-0.25, -0.2) is 0 Å². The molecule has 1 fully saturated rings. The van der Waals surface area contributed by atoms with Gasteiger partial charge in [-0.3, -0.25) is 0 Å². The lowest BCUT2D eigenvalue weighted by atomic mass is 9.83. The lowest BCUT2D eigenvalue weighted by molar-refractivity contribution is 0.271. The second-order valence-corrected chi connectivity index (χ2v) is 7.44. The van der Waals surface area contributed by atoms with E-state index in [1.54, 1.807) is 0 Å². The number of nitrogens with zero attached hydrogens (tertiary/aromatic N) is 1. The fourth-order valence-corrected chi connectivity index (χ4v) is 4.28. The number of rotatable bonds is 4. The van der Waals surface area contributed by atoms with Crippen LogP contribution in [-0.4, -0.2) is 31.1 Å². The fourth-order valence-electron chi connectivity index (χ4n) is 3.88. The molecular formula is C18H28N2S. The summed E-state index contributed by atoms with van der Waals surface area (Å²) in [6.07, 6.45) is 9.36. The smallest absolute Gasteiger partial charge is 0.0412 e. The summed E-state index contributed by atoms with van der Waals surface area (Å²) in [5, 5.41) is 3.87. The van der Waals surface area contributed by atoms with E-state index in [0.717, 1.165) is 12.5 Å². The molecule has 2 nitrogen and oxygen atoms in total. The zero-order valence-corrected chi connectivity index (χ0v) is 14.0. The maximum Gasteiger partial charge on any atom is 0.0412 e. The van der Waals surface area contributed by atoms with Crippen LogP contribution in [-0.2, 0) is 6.54 Å². The predicted molar refractivity (Wildman–Crippen MR) is 94.2 cm³/mol. The SMILES string of the molecule is CSCCN1CC(C2CCCCC2)NCc2ccccc21. The molecule has 0 spiro atoms. The summed E-state index contributed by atoms with van der Waals surface area (Å²) in [7, 11) is 0. The van der Waals surface area contributed by atoms with E-state index >= 15 is 0 Å². The third-order valence-electron chi connectivity index (χ3n) is 5.09. The summed E-state index contributed by atoms with van der Waals surface area (Å²) in [5.41, 5.74) is 2.93. The van der Waals surface area contributed by atoms with Crippen molar-refractivity contribution in [1.29, 1.82) is 0 Å². The van der Waals surface area contributed by atoms with Crippen molar-refractivity contribution >= 4 is 17.4 Å². The van der Waals surface area contributed by atoms with Crippen molar-refractivity contribution in [1.82, 2.24) is 5.32 Å². The summed E-state index contributed by atoms with van der Waals surface area (Å²) in [5.74, 6) is 2.09. The molecule has 1 aromatic carbocycles. The Bertz CT molecular complexity index is 443. The molecule has 0 aromatic heterocycles. The zero-order valence-electron chi connectivity index (χ0n) is 13.2. The van der Waals surface area contributed by atoms with Crippen LogP contribution in [0.25, 0.3) is 0 Å². The highest BCUT2D eigenvalue weighted by molar-refractivity contribution is 7.98. The number of benzene rings is 1. The minimum atomic E-state index is 0.666. The highest BCUT2D eigenvalue weighted by atomic mass is 32.2. The molecule has 0 saturated heterocycles. The number of fused-ring (bicyclic) bond motifs is 1. The quantitative estimate of drug-likeness (QED) is 0.908. The van der Waals surface area contributed by atoms with Gasteiger partial charge in [-0.15, -0.1) is 0 Å². The van der Waals surface area contributed by atoms with E-state index in [1.807, 2.05) is 11.8 Å². The van der Waals surface area contributed by atoms with Gasteiger partial charge in [0.2, 0.25) is 0 Å². The Kier molecular flexibility index (Phi) is 5.48. The van der Waals surface area contributed by atoms with Crippen molar-refractivity contribution in [3.05, 3.63) is 29.8 Å². The molecule has 3 heteroatoms. The van der Waals surface area contributed by atoms with Crippen molar-refractivity contribution in [2.24, 2.45) is 5.92 Å². The molecule has 21 heavy (non-hydrogen) atoms. The van der Waals surface area contributed by atoms with Gasteiger partial charge in [0.25, 0.3) is 0 Å². The van der Waals surface area contributed by atoms with Gasteiger partial charge >= 0.3 is 0 Å². The van der Waals surface area contributed by atoms with Crippen molar-refractivity contribution in [2.75, 3.05) is 30.0 Å². The molecule has 1 aromatic rings. The van der Waals surface area contributed by atoms with Crippen LogP contribution < -0.4 is 10.2 Å². The van der Waals surface area contributed by atoms with Crippen LogP contribution in [0.2, 0.25) is 0 Å². The Morgan fingerprint density at radius 3 is 2.81 bits per heavy atom. The third-order valence-corrected chi connectivity index (χ3v) is 5.68.